The van der Waals surface area contributed by atoms with Gasteiger partial charge in [-0.1, -0.05) is 6.07 Å². The van der Waals surface area contributed by atoms with Crippen molar-refractivity contribution in [1.82, 2.24) is 5.32 Å². The first-order valence-electron chi connectivity index (χ1n) is 6.89. The van der Waals surface area contributed by atoms with E-state index in [1.165, 1.54) is 17.7 Å². The average Bonchev–Trinajstić information content (AvgIpc) is 2.46. The van der Waals surface area contributed by atoms with Gasteiger partial charge in [-0.25, -0.2) is 0 Å². The van der Waals surface area contributed by atoms with Crippen LogP contribution >= 0.6 is 11.8 Å². The van der Waals surface area contributed by atoms with Gasteiger partial charge in [0.1, 0.15) is 6.10 Å². The van der Waals surface area contributed by atoms with Crippen molar-refractivity contribution in [3.8, 4) is 11.5 Å². The van der Waals surface area contributed by atoms with Crippen LogP contribution < -0.4 is 14.8 Å². The van der Waals surface area contributed by atoms with Gasteiger partial charge in [-0.05, 0) is 56.3 Å². The number of thioether (sulfide) groups is 1. The molecule has 1 saturated heterocycles. The summed E-state index contributed by atoms with van der Waals surface area (Å²) in [5, 5.41) is 3.17. The van der Waals surface area contributed by atoms with Gasteiger partial charge in [0.15, 0.2) is 11.5 Å². The molecule has 1 aliphatic rings. The molecular weight excluding hydrogens is 258 g/mol. The molecule has 0 spiro atoms. The molecule has 1 unspecified atom stereocenters. The van der Waals surface area contributed by atoms with Gasteiger partial charge in [0, 0.05) is 5.75 Å². The highest BCUT2D eigenvalue weighted by Gasteiger charge is 2.17. The predicted molar refractivity (Wildman–Crippen MR) is 81.6 cm³/mol. The predicted octanol–water partition coefficient (Wildman–Crippen LogP) is 2.73. The maximum absolute atomic E-state index is 6.13. The lowest BCUT2D eigenvalue weighted by Crippen LogP contribution is -2.23. The summed E-state index contributed by atoms with van der Waals surface area (Å²) >= 11 is 1.98. The fraction of sp³-hybridized carbons (Fsp3) is 0.600. The summed E-state index contributed by atoms with van der Waals surface area (Å²) in [6.07, 6.45) is 3.73. The van der Waals surface area contributed by atoms with Crippen LogP contribution in [-0.2, 0) is 6.42 Å². The van der Waals surface area contributed by atoms with Crippen molar-refractivity contribution in [2.75, 3.05) is 32.2 Å². The molecule has 1 N–H and O–H groups in total. The maximum Gasteiger partial charge on any atom is 0.161 e. The van der Waals surface area contributed by atoms with E-state index in [4.69, 9.17) is 9.47 Å². The number of rotatable bonds is 6. The Morgan fingerprint density at radius 3 is 2.95 bits per heavy atom. The lowest BCUT2D eigenvalue weighted by Gasteiger charge is -2.24. The van der Waals surface area contributed by atoms with Crippen molar-refractivity contribution in [2.24, 2.45) is 0 Å². The standard InChI is InChI=1S/C15H23NO2S/c1-16-8-7-12-5-6-14(17-2)15(10-12)18-13-4-3-9-19-11-13/h5-6,10,13,16H,3-4,7-9,11H2,1-2H3. The highest BCUT2D eigenvalue weighted by molar-refractivity contribution is 7.99. The molecule has 0 aromatic heterocycles. The zero-order valence-electron chi connectivity index (χ0n) is 11.8. The summed E-state index contributed by atoms with van der Waals surface area (Å²) in [7, 11) is 3.67. The molecule has 0 saturated carbocycles. The second-order valence-corrected chi connectivity index (χ2v) is 5.95. The topological polar surface area (TPSA) is 30.5 Å². The average molecular weight is 281 g/mol. The van der Waals surface area contributed by atoms with E-state index in [1.54, 1.807) is 7.11 Å². The summed E-state index contributed by atoms with van der Waals surface area (Å²) < 4.78 is 11.5. The Labute approximate surface area is 120 Å². The van der Waals surface area contributed by atoms with Crippen molar-refractivity contribution in [3.05, 3.63) is 23.8 Å². The number of methoxy groups -OCH3 is 1. The minimum Gasteiger partial charge on any atom is -0.493 e. The summed E-state index contributed by atoms with van der Waals surface area (Å²) in [4.78, 5) is 0. The number of hydrogen-bond acceptors (Lipinski definition) is 4. The molecule has 0 aliphatic carbocycles. The van der Waals surface area contributed by atoms with Crippen molar-refractivity contribution in [3.63, 3.8) is 0 Å². The molecule has 1 atom stereocenters. The molecular formula is C15H23NO2S. The number of hydrogen-bond donors (Lipinski definition) is 1. The van der Waals surface area contributed by atoms with Crippen molar-refractivity contribution in [1.29, 1.82) is 0 Å². The summed E-state index contributed by atoms with van der Waals surface area (Å²) in [5.74, 6) is 4.08. The zero-order valence-corrected chi connectivity index (χ0v) is 12.6. The van der Waals surface area contributed by atoms with Gasteiger partial charge in [-0.2, -0.15) is 11.8 Å². The van der Waals surface area contributed by atoms with Gasteiger partial charge < -0.3 is 14.8 Å². The van der Waals surface area contributed by atoms with E-state index in [2.05, 4.69) is 17.4 Å². The monoisotopic (exact) mass is 281 g/mol. The molecule has 3 nitrogen and oxygen atoms in total. The minimum absolute atomic E-state index is 0.326. The van der Waals surface area contributed by atoms with E-state index in [0.717, 1.165) is 36.6 Å². The van der Waals surface area contributed by atoms with E-state index < -0.39 is 0 Å². The summed E-state index contributed by atoms with van der Waals surface area (Å²) in [5.41, 5.74) is 1.29. The van der Waals surface area contributed by atoms with E-state index in [0.29, 0.717) is 6.10 Å². The highest BCUT2D eigenvalue weighted by atomic mass is 32.2. The third-order valence-electron chi connectivity index (χ3n) is 3.30. The molecule has 1 aromatic rings. The fourth-order valence-electron chi connectivity index (χ4n) is 2.22. The van der Waals surface area contributed by atoms with Crippen LogP contribution in [0.1, 0.15) is 18.4 Å². The van der Waals surface area contributed by atoms with E-state index >= 15 is 0 Å². The van der Waals surface area contributed by atoms with Gasteiger partial charge in [0.25, 0.3) is 0 Å². The molecule has 4 heteroatoms. The van der Waals surface area contributed by atoms with Gasteiger partial charge in [0.05, 0.1) is 7.11 Å². The molecule has 106 valence electrons. The second kappa shape index (κ2) is 7.65. The first-order chi connectivity index (χ1) is 9.33. The van der Waals surface area contributed by atoms with Crippen LogP contribution in [0.2, 0.25) is 0 Å². The first-order valence-corrected chi connectivity index (χ1v) is 8.05. The molecule has 1 aromatic carbocycles. The van der Waals surface area contributed by atoms with E-state index in [-0.39, 0.29) is 0 Å². The van der Waals surface area contributed by atoms with Crippen molar-refractivity contribution in [2.45, 2.75) is 25.4 Å². The summed E-state index contributed by atoms with van der Waals surface area (Å²) in [6.45, 7) is 0.977. The molecule has 0 radical (unpaired) electrons. The molecule has 1 aliphatic heterocycles. The Hall–Kier alpha value is -0.870. The van der Waals surface area contributed by atoms with Crippen LogP contribution in [0.4, 0.5) is 0 Å². The fourth-order valence-corrected chi connectivity index (χ4v) is 3.26. The third kappa shape index (κ3) is 4.32. The Balaban J connectivity index is 2.06. The molecule has 1 heterocycles. The normalized spacial score (nSPS) is 19.2. The van der Waals surface area contributed by atoms with Crippen LogP contribution in [0.15, 0.2) is 18.2 Å². The lowest BCUT2D eigenvalue weighted by molar-refractivity contribution is 0.202. The Morgan fingerprint density at radius 2 is 2.26 bits per heavy atom. The largest absolute Gasteiger partial charge is 0.493 e. The van der Waals surface area contributed by atoms with Gasteiger partial charge in [-0.15, -0.1) is 0 Å². The Bertz CT molecular complexity index is 392. The molecule has 2 rings (SSSR count). The third-order valence-corrected chi connectivity index (χ3v) is 4.49. The van der Waals surface area contributed by atoms with Gasteiger partial charge in [-0.3, -0.25) is 0 Å². The molecule has 19 heavy (non-hydrogen) atoms. The zero-order chi connectivity index (χ0) is 13.5. The number of nitrogens with one attached hydrogen (secondary N) is 1. The van der Waals surface area contributed by atoms with Crippen LogP contribution in [0.25, 0.3) is 0 Å². The first kappa shape index (κ1) is 14.5. The van der Waals surface area contributed by atoms with Crippen molar-refractivity contribution < 1.29 is 9.47 Å². The SMILES string of the molecule is CNCCc1ccc(OC)c(OC2CCCSC2)c1. The number of likely N-dealkylation sites (N-methyl/N-ethyl adjacent to an activating group) is 1. The molecule has 0 amide bonds. The van der Waals surface area contributed by atoms with Crippen LogP contribution in [0.5, 0.6) is 11.5 Å². The maximum atomic E-state index is 6.13. The van der Waals surface area contributed by atoms with Crippen LogP contribution in [0.3, 0.4) is 0 Å². The number of ether oxygens (including phenoxy) is 2. The van der Waals surface area contributed by atoms with E-state index in [1.807, 2.05) is 24.9 Å². The highest BCUT2D eigenvalue weighted by Crippen LogP contribution is 2.31. The van der Waals surface area contributed by atoms with Crippen LogP contribution in [0, 0.1) is 0 Å². The van der Waals surface area contributed by atoms with Gasteiger partial charge >= 0.3 is 0 Å². The second-order valence-electron chi connectivity index (χ2n) is 4.80. The van der Waals surface area contributed by atoms with Crippen molar-refractivity contribution >= 4 is 11.8 Å². The van der Waals surface area contributed by atoms with Gasteiger partial charge in [0.2, 0.25) is 0 Å². The quantitative estimate of drug-likeness (QED) is 0.868. The summed E-state index contributed by atoms with van der Waals surface area (Å²) in [6, 6.07) is 6.24. The Morgan fingerprint density at radius 1 is 1.37 bits per heavy atom. The lowest BCUT2D eigenvalue weighted by atomic mass is 10.1. The van der Waals surface area contributed by atoms with Crippen LogP contribution in [-0.4, -0.2) is 38.3 Å². The molecule has 0 bridgehead atoms. The Kier molecular flexibility index (Phi) is 5.86. The van der Waals surface area contributed by atoms with E-state index in [9.17, 15) is 0 Å². The number of benzene rings is 1. The molecule has 1 fully saturated rings. The smallest absolute Gasteiger partial charge is 0.161 e. The minimum atomic E-state index is 0.326.